The van der Waals surface area contributed by atoms with Crippen molar-refractivity contribution in [3.8, 4) is 0 Å². The predicted molar refractivity (Wildman–Crippen MR) is 139 cm³/mol. The molecule has 1 saturated carbocycles. The molecule has 1 N–H and O–H groups in total. The largest absolute Gasteiger partial charge is 0.435 e. The second-order valence-electron chi connectivity index (χ2n) is 9.99. The highest BCUT2D eigenvalue weighted by molar-refractivity contribution is 9.10. The van der Waals surface area contributed by atoms with Crippen LogP contribution in [-0.2, 0) is 11.8 Å². The van der Waals surface area contributed by atoms with Crippen LogP contribution in [0.25, 0.3) is 0 Å². The lowest BCUT2D eigenvalue weighted by molar-refractivity contribution is -0.348. The third kappa shape index (κ3) is 6.77. The third-order valence-corrected chi connectivity index (χ3v) is 7.43. The standard InChI is InChI=1S/C28H17BrF12N2O2/c29-19-11-15(25(32,27(36,37)38)28(39,40)41)10-18(26(33,34)35)22(19)42-23(44)17-2-1-3-20(21(17)31)43(12-13-4-5-13)24(45)14-6-8-16(30)9-7-14/h1-3,6-11,13H,4-5,12H2,(H,42,44). The first-order valence-corrected chi connectivity index (χ1v) is 13.4. The Kier molecular flexibility index (Phi) is 9.00. The molecule has 0 aliphatic heterocycles. The maximum Gasteiger partial charge on any atom is 0.435 e. The van der Waals surface area contributed by atoms with E-state index in [4.69, 9.17) is 0 Å². The van der Waals surface area contributed by atoms with Crippen molar-refractivity contribution in [3.63, 3.8) is 0 Å². The number of hydrogen-bond donors (Lipinski definition) is 1. The molecule has 242 valence electrons. The lowest BCUT2D eigenvalue weighted by Crippen LogP contribution is -2.50. The van der Waals surface area contributed by atoms with Crippen molar-refractivity contribution < 1.29 is 62.3 Å². The number of nitrogens with zero attached hydrogens (tertiary/aromatic N) is 1. The Hall–Kier alpha value is -3.76. The molecule has 45 heavy (non-hydrogen) atoms. The molecule has 17 heteroatoms. The number of carbonyl (C=O) groups excluding carboxylic acids is 2. The number of alkyl halides is 10. The van der Waals surface area contributed by atoms with Gasteiger partial charge in [0.25, 0.3) is 11.8 Å². The highest BCUT2D eigenvalue weighted by Gasteiger charge is 2.73. The Labute approximate surface area is 254 Å². The van der Waals surface area contributed by atoms with Crippen molar-refractivity contribution in [1.82, 2.24) is 0 Å². The smallest absolute Gasteiger partial charge is 0.320 e. The van der Waals surface area contributed by atoms with Crippen molar-refractivity contribution in [2.75, 3.05) is 16.8 Å². The number of benzene rings is 3. The number of hydrogen-bond acceptors (Lipinski definition) is 2. The molecule has 4 rings (SSSR count). The molecule has 3 aromatic carbocycles. The number of amides is 2. The third-order valence-electron chi connectivity index (χ3n) is 6.80. The van der Waals surface area contributed by atoms with Crippen LogP contribution in [0.2, 0.25) is 0 Å². The molecule has 1 aliphatic rings. The molecule has 1 fully saturated rings. The van der Waals surface area contributed by atoms with E-state index in [0.717, 1.165) is 47.4 Å². The molecule has 0 atom stereocenters. The summed E-state index contributed by atoms with van der Waals surface area (Å²) >= 11 is 2.37. The number of anilines is 2. The zero-order chi connectivity index (χ0) is 33.7. The van der Waals surface area contributed by atoms with Gasteiger partial charge in [0, 0.05) is 22.1 Å². The Morgan fingerprint density at radius 1 is 0.844 bits per heavy atom. The van der Waals surface area contributed by atoms with Crippen LogP contribution in [0.1, 0.15) is 44.7 Å². The quantitative estimate of drug-likeness (QED) is 0.248. The van der Waals surface area contributed by atoms with Gasteiger partial charge in [-0.15, -0.1) is 0 Å². The van der Waals surface area contributed by atoms with E-state index in [1.54, 1.807) is 5.32 Å². The minimum Gasteiger partial charge on any atom is -0.320 e. The molecule has 4 nitrogen and oxygen atoms in total. The highest BCUT2D eigenvalue weighted by Crippen LogP contribution is 2.55. The minimum atomic E-state index is -6.74. The average molecular weight is 721 g/mol. The van der Waals surface area contributed by atoms with E-state index < -0.39 is 86.3 Å². The SMILES string of the molecule is O=C(Nc1c(Br)cc(C(F)(C(F)(F)F)C(F)(F)F)cc1C(F)(F)F)c1cccc(N(CC2CC2)C(=O)c2ccc(F)cc2)c1F. The molecule has 0 bridgehead atoms. The minimum absolute atomic E-state index is 0.0488. The molecule has 0 spiro atoms. The van der Waals surface area contributed by atoms with E-state index in [1.807, 2.05) is 0 Å². The van der Waals surface area contributed by atoms with Gasteiger partial charge in [-0.05, 0) is 83.2 Å². The summed E-state index contributed by atoms with van der Waals surface area (Å²) in [6.07, 6.45) is -17.9. The topological polar surface area (TPSA) is 49.4 Å². The summed E-state index contributed by atoms with van der Waals surface area (Å²) in [7, 11) is 0. The number of halogens is 13. The molecule has 2 amide bonds. The van der Waals surface area contributed by atoms with Crippen molar-refractivity contribution in [2.24, 2.45) is 5.92 Å². The second-order valence-corrected chi connectivity index (χ2v) is 10.8. The fraction of sp³-hybridized carbons (Fsp3) is 0.286. The normalized spacial score (nSPS) is 14.3. The molecule has 0 aromatic heterocycles. The molecule has 0 saturated heterocycles. The van der Waals surface area contributed by atoms with Gasteiger partial charge in [-0.3, -0.25) is 9.59 Å². The van der Waals surface area contributed by atoms with Gasteiger partial charge in [-0.25, -0.2) is 13.2 Å². The van der Waals surface area contributed by atoms with Crippen LogP contribution in [0.5, 0.6) is 0 Å². The van der Waals surface area contributed by atoms with E-state index >= 15 is 4.39 Å². The summed E-state index contributed by atoms with van der Waals surface area (Å²) in [5, 5.41) is 1.61. The molecular weight excluding hydrogens is 704 g/mol. The summed E-state index contributed by atoms with van der Waals surface area (Å²) in [5.41, 5.74) is -14.0. The van der Waals surface area contributed by atoms with Crippen LogP contribution in [0.15, 0.2) is 59.1 Å². The maximum absolute atomic E-state index is 15.8. The van der Waals surface area contributed by atoms with E-state index in [0.29, 0.717) is 12.8 Å². The summed E-state index contributed by atoms with van der Waals surface area (Å²) < 4.78 is 164. The molecule has 0 radical (unpaired) electrons. The zero-order valence-corrected chi connectivity index (χ0v) is 23.7. The Morgan fingerprint density at radius 3 is 1.93 bits per heavy atom. The van der Waals surface area contributed by atoms with Crippen LogP contribution in [0.3, 0.4) is 0 Å². The van der Waals surface area contributed by atoms with Crippen LogP contribution >= 0.6 is 15.9 Å². The van der Waals surface area contributed by atoms with E-state index in [2.05, 4.69) is 15.9 Å². The van der Waals surface area contributed by atoms with E-state index in [-0.39, 0.29) is 24.1 Å². The molecule has 3 aromatic rings. The molecule has 0 heterocycles. The highest BCUT2D eigenvalue weighted by atomic mass is 79.9. The maximum atomic E-state index is 15.8. The van der Waals surface area contributed by atoms with Gasteiger partial charge in [-0.2, -0.15) is 39.5 Å². The number of rotatable bonds is 7. The van der Waals surface area contributed by atoms with Crippen molar-refractivity contribution in [3.05, 3.63) is 93.0 Å². The average Bonchev–Trinajstić information content (AvgIpc) is 3.75. The van der Waals surface area contributed by atoms with Crippen molar-refractivity contribution >= 4 is 39.1 Å². The van der Waals surface area contributed by atoms with E-state index in [9.17, 15) is 57.9 Å². The van der Waals surface area contributed by atoms with Gasteiger partial charge in [0.1, 0.15) is 5.82 Å². The van der Waals surface area contributed by atoms with E-state index in [1.165, 1.54) is 0 Å². The summed E-state index contributed by atoms with van der Waals surface area (Å²) in [6, 6.07) is 6.13. The van der Waals surface area contributed by atoms with Crippen molar-refractivity contribution in [1.29, 1.82) is 0 Å². The lowest BCUT2D eigenvalue weighted by Gasteiger charge is -2.31. The summed E-state index contributed by atoms with van der Waals surface area (Å²) in [4.78, 5) is 27.2. The molecule has 1 aliphatic carbocycles. The fourth-order valence-electron chi connectivity index (χ4n) is 4.33. The first-order valence-electron chi connectivity index (χ1n) is 12.6. The first-order chi connectivity index (χ1) is 20.7. The molecular formula is C28H17BrF12N2O2. The van der Waals surface area contributed by atoms with Crippen LogP contribution in [0, 0.1) is 17.6 Å². The summed E-state index contributed by atoms with van der Waals surface area (Å²) in [6.45, 7) is -0.0488. The molecule has 0 unspecified atom stereocenters. The number of nitrogens with one attached hydrogen (secondary N) is 1. The van der Waals surface area contributed by atoms with Gasteiger partial charge in [-0.1, -0.05) is 6.07 Å². The van der Waals surface area contributed by atoms with Crippen molar-refractivity contribution in [2.45, 2.75) is 37.0 Å². The predicted octanol–water partition coefficient (Wildman–Crippen LogP) is 9.34. The van der Waals surface area contributed by atoms with Gasteiger partial charge in [0.15, 0.2) is 5.82 Å². The van der Waals surface area contributed by atoms with Gasteiger partial charge < -0.3 is 10.2 Å². The van der Waals surface area contributed by atoms with Crippen LogP contribution in [0.4, 0.5) is 64.1 Å². The van der Waals surface area contributed by atoms with Gasteiger partial charge in [0.05, 0.1) is 22.5 Å². The monoisotopic (exact) mass is 720 g/mol. The second kappa shape index (κ2) is 11.9. The van der Waals surface area contributed by atoms with Gasteiger partial charge in [0.2, 0.25) is 0 Å². The first kappa shape index (κ1) is 34.1. The fourth-order valence-corrected chi connectivity index (χ4v) is 4.89. The van der Waals surface area contributed by atoms with Crippen LogP contribution in [-0.4, -0.2) is 30.7 Å². The Bertz CT molecular complexity index is 1600. The Balaban J connectivity index is 1.76. The zero-order valence-electron chi connectivity index (χ0n) is 22.1. The van der Waals surface area contributed by atoms with Gasteiger partial charge >= 0.3 is 24.2 Å². The number of carbonyl (C=O) groups is 2. The Morgan fingerprint density at radius 2 is 1.42 bits per heavy atom. The summed E-state index contributed by atoms with van der Waals surface area (Å²) in [5.74, 6) is -4.60. The lowest BCUT2D eigenvalue weighted by atomic mass is 9.92. The van der Waals surface area contributed by atoms with Crippen LogP contribution < -0.4 is 10.2 Å².